The van der Waals surface area contributed by atoms with E-state index >= 15 is 0 Å². The number of nitrogens with one attached hydrogen (secondary N) is 2. The molecule has 1 aromatic heterocycles. The van der Waals surface area contributed by atoms with Gasteiger partial charge in [-0.3, -0.25) is 4.79 Å². The summed E-state index contributed by atoms with van der Waals surface area (Å²) >= 11 is 0. The highest BCUT2D eigenvalue weighted by Gasteiger charge is 2.12. The summed E-state index contributed by atoms with van der Waals surface area (Å²) in [6, 6.07) is 12.5. The van der Waals surface area contributed by atoms with Crippen molar-refractivity contribution in [2.75, 3.05) is 11.9 Å². The molecule has 2 aromatic carbocycles. The van der Waals surface area contributed by atoms with E-state index in [-0.39, 0.29) is 12.5 Å². The van der Waals surface area contributed by atoms with E-state index < -0.39 is 5.97 Å². The summed E-state index contributed by atoms with van der Waals surface area (Å²) in [6.07, 6.45) is 0. The van der Waals surface area contributed by atoms with E-state index in [1.165, 1.54) is 0 Å². The normalized spacial score (nSPS) is 10.6. The number of imidazole rings is 1. The van der Waals surface area contributed by atoms with E-state index in [0.29, 0.717) is 11.3 Å². The maximum atomic E-state index is 12.2. The van der Waals surface area contributed by atoms with Gasteiger partial charge in [-0.15, -0.1) is 0 Å². The topological polar surface area (TPSA) is 84.1 Å². The van der Waals surface area contributed by atoms with Crippen LogP contribution < -0.4 is 5.32 Å². The number of ether oxygens (including phenoxy) is 1. The first-order chi connectivity index (χ1) is 13.3. The summed E-state index contributed by atoms with van der Waals surface area (Å²) in [4.78, 5) is 31.8. The number of aromatic amines is 1. The smallest absolute Gasteiger partial charge is 0.338 e. The Balaban J connectivity index is 1.57. The van der Waals surface area contributed by atoms with Crippen LogP contribution in [-0.2, 0) is 9.53 Å². The number of anilines is 1. The minimum absolute atomic E-state index is 0.343. The molecule has 2 N–H and O–H groups in total. The van der Waals surface area contributed by atoms with Gasteiger partial charge in [0.2, 0.25) is 0 Å². The molecule has 3 rings (SSSR count). The zero-order valence-electron chi connectivity index (χ0n) is 16.4. The van der Waals surface area contributed by atoms with Gasteiger partial charge >= 0.3 is 5.97 Å². The van der Waals surface area contributed by atoms with Crippen LogP contribution in [0.1, 0.15) is 32.9 Å². The fraction of sp³-hybridized carbons (Fsp3) is 0.227. The number of hydrogen-bond acceptors (Lipinski definition) is 4. The van der Waals surface area contributed by atoms with E-state index in [1.807, 2.05) is 45.9 Å². The Morgan fingerprint density at radius 2 is 1.71 bits per heavy atom. The third-order valence-electron chi connectivity index (χ3n) is 4.65. The van der Waals surface area contributed by atoms with Gasteiger partial charge in [0.25, 0.3) is 5.91 Å². The monoisotopic (exact) mass is 377 g/mol. The Bertz CT molecular complexity index is 1000. The van der Waals surface area contributed by atoms with Gasteiger partial charge in [0.1, 0.15) is 5.82 Å². The van der Waals surface area contributed by atoms with Crippen LogP contribution in [0.25, 0.3) is 11.4 Å². The van der Waals surface area contributed by atoms with Crippen molar-refractivity contribution in [3.8, 4) is 11.4 Å². The van der Waals surface area contributed by atoms with Crippen LogP contribution in [-0.4, -0.2) is 28.5 Å². The summed E-state index contributed by atoms with van der Waals surface area (Å²) in [5.41, 5.74) is 6.10. The molecule has 28 heavy (non-hydrogen) atoms. The predicted molar refractivity (Wildman–Crippen MR) is 108 cm³/mol. The number of benzene rings is 2. The molecule has 0 aliphatic heterocycles. The van der Waals surface area contributed by atoms with Crippen LogP contribution >= 0.6 is 0 Å². The number of hydrogen-bond donors (Lipinski definition) is 2. The largest absolute Gasteiger partial charge is 0.452 e. The number of H-pyrrole nitrogens is 1. The Labute approximate surface area is 164 Å². The van der Waals surface area contributed by atoms with Crippen LogP contribution in [0.2, 0.25) is 0 Å². The third kappa shape index (κ3) is 4.46. The lowest BCUT2D eigenvalue weighted by Crippen LogP contribution is -2.21. The minimum Gasteiger partial charge on any atom is -0.452 e. The lowest BCUT2D eigenvalue weighted by Gasteiger charge is -2.08. The number of nitrogens with zero attached hydrogens (tertiary/aromatic N) is 1. The number of esters is 1. The fourth-order valence-electron chi connectivity index (χ4n) is 2.68. The maximum Gasteiger partial charge on any atom is 0.338 e. The van der Waals surface area contributed by atoms with Crippen LogP contribution in [0.4, 0.5) is 5.69 Å². The molecule has 0 radical (unpaired) electrons. The van der Waals surface area contributed by atoms with Crippen LogP contribution in [0.15, 0.2) is 42.5 Å². The maximum absolute atomic E-state index is 12.2. The van der Waals surface area contributed by atoms with Crippen LogP contribution in [0, 0.1) is 27.7 Å². The Hall–Kier alpha value is -3.41. The van der Waals surface area contributed by atoms with Gasteiger partial charge in [-0.2, -0.15) is 0 Å². The van der Waals surface area contributed by atoms with E-state index in [4.69, 9.17) is 4.74 Å². The van der Waals surface area contributed by atoms with Gasteiger partial charge in [0, 0.05) is 16.9 Å². The van der Waals surface area contributed by atoms with Crippen molar-refractivity contribution in [1.82, 2.24) is 9.97 Å². The SMILES string of the molecule is Cc1ccc(NC(=O)COC(=O)c2ccc(-c3nc(C)c(C)[nH]3)cc2)cc1C. The second-order valence-corrected chi connectivity index (χ2v) is 6.80. The molecule has 0 fully saturated rings. The summed E-state index contributed by atoms with van der Waals surface area (Å²) < 4.78 is 5.11. The average molecular weight is 377 g/mol. The second kappa shape index (κ2) is 8.08. The number of aromatic nitrogens is 2. The Morgan fingerprint density at radius 3 is 2.32 bits per heavy atom. The van der Waals surface area contributed by atoms with E-state index in [2.05, 4.69) is 15.3 Å². The zero-order valence-corrected chi connectivity index (χ0v) is 16.4. The summed E-state index contributed by atoms with van der Waals surface area (Å²) in [5.74, 6) is -0.175. The molecule has 0 saturated carbocycles. The van der Waals surface area contributed by atoms with Crippen LogP contribution in [0.3, 0.4) is 0 Å². The van der Waals surface area contributed by atoms with Gasteiger partial charge in [0.15, 0.2) is 6.61 Å². The highest BCUT2D eigenvalue weighted by molar-refractivity contribution is 5.95. The van der Waals surface area contributed by atoms with Crippen molar-refractivity contribution in [2.45, 2.75) is 27.7 Å². The molecule has 1 amide bonds. The third-order valence-corrected chi connectivity index (χ3v) is 4.65. The number of rotatable bonds is 5. The molecule has 144 valence electrons. The number of amides is 1. The fourth-order valence-corrected chi connectivity index (χ4v) is 2.68. The highest BCUT2D eigenvalue weighted by Crippen LogP contribution is 2.19. The van der Waals surface area contributed by atoms with Crippen molar-refractivity contribution in [2.24, 2.45) is 0 Å². The van der Waals surface area contributed by atoms with Gasteiger partial charge in [-0.25, -0.2) is 9.78 Å². The van der Waals surface area contributed by atoms with Crippen molar-refractivity contribution >= 4 is 17.6 Å². The van der Waals surface area contributed by atoms with Crippen molar-refractivity contribution in [3.63, 3.8) is 0 Å². The van der Waals surface area contributed by atoms with Gasteiger partial charge in [-0.1, -0.05) is 18.2 Å². The summed E-state index contributed by atoms with van der Waals surface area (Å²) in [6.45, 7) is 7.52. The zero-order chi connectivity index (χ0) is 20.3. The molecule has 0 atom stereocenters. The molecule has 0 unspecified atom stereocenters. The predicted octanol–water partition coefficient (Wildman–Crippen LogP) is 4.11. The van der Waals surface area contributed by atoms with Crippen molar-refractivity contribution in [1.29, 1.82) is 0 Å². The van der Waals surface area contributed by atoms with Gasteiger partial charge < -0.3 is 15.0 Å². The molecule has 0 aliphatic carbocycles. The number of aryl methyl sites for hydroxylation is 4. The number of carbonyl (C=O) groups excluding carboxylic acids is 2. The quantitative estimate of drug-likeness (QED) is 0.656. The summed E-state index contributed by atoms with van der Waals surface area (Å²) in [5, 5.41) is 2.73. The Morgan fingerprint density at radius 1 is 1.00 bits per heavy atom. The molecular weight excluding hydrogens is 354 g/mol. The van der Waals surface area contributed by atoms with Crippen molar-refractivity contribution in [3.05, 3.63) is 70.5 Å². The first-order valence-electron chi connectivity index (χ1n) is 9.01. The molecule has 0 spiro atoms. The van der Waals surface area contributed by atoms with E-state index in [9.17, 15) is 9.59 Å². The number of carbonyl (C=O) groups is 2. The molecular formula is C22H23N3O3. The molecule has 6 heteroatoms. The molecule has 0 bridgehead atoms. The van der Waals surface area contributed by atoms with Gasteiger partial charge in [-0.05, 0) is 63.1 Å². The first kappa shape index (κ1) is 19.4. The molecule has 0 saturated heterocycles. The lowest BCUT2D eigenvalue weighted by atomic mass is 10.1. The molecule has 0 aliphatic rings. The van der Waals surface area contributed by atoms with Gasteiger partial charge in [0.05, 0.1) is 11.3 Å². The molecule has 3 aromatic rings. The minimum atomic E-state index is -0.548. The van der Waals surface area contributed by atoms with Crippen LogP contribution in [0.5, 0.6) is 0 Å². The Kier molecular flexibility index (Phi) is 5.59. The van der Waals surface area contributed by atoms with Crippen molar-refractivity contribution < 1.29 is 14.3 Å². The first-order valence-corrected chi connectivity index (χ1v) is 9.01. The standard InChI is InChI=1S/C22H23N3O3/c1-13-5-10-19(11-14(13)2)25-20(26)12-28-22(27)18-8-6-17(7-9-18)21-23-15(3)16(4)24-21/h5-11H,12H2,1-4H3,(H,23,24)(H,25,26). The molecule has 6 nitrogen and oxygen atoms in total. The molecule has 1 heterocycles. The van der Waals surface area contributed by atoms with E-state index in [0.717, 1.165) is 33.9 Å². The average Bonchev–Trinajstić information content (AvgIpc) is 3.01. The lowest BCUT2D eigenvalue weighted by molar-refractivity contribution is -0.119. The van der Waals surface area contributed by atoms with E-state index in [1.54, 1.807) is 24.3 Å². The summed E-state index contributed by atoms with van der Waals surface area (Å²) in [7, 11) is 0. The second-order valence-electron chi connectivity index (χ2n) is 6.80. The highest BCUT2D eigenvalue weighted by atomic mass is 16.5.